The molecule has 2 bridgehead atoms. The summed E-state index contributed by atoms with van der Waals surface area (Å²) in [4.78, 5) is 26.9. The maximum atomic E-state index is 12.5. The summed E-state index contributed by atoms with van der Waals surface area (Å²) in [6.45, 7) is 11.0. The van der Waals surface area contributed by atoms with Gasteiger partial charge in [-0.3, -0.25) is 9.69 Å². The van der Waals surface area contributed by atoms with Crippen molar-refractivity contribution < 1.29 is 19.1 Å². The fraction of sp³-hybridized carbons (Fsp3) is 0.895. The molecule has 2 aliphatic rings. The number of piperidine rings is 1. The molecule has 0 aromatic heterocycles. The number of carbonyl (C=O) groups excluding carboxylic acids is 2. The van der Waals surface area contributed by atoms with Gasteiger partial charge in [-0.25, -0.2) is 4.79 Å². The fourth-order valence-electron chi connectivity index (χ4n) is 3.68. The Balaban J connectivity index is 1.95. The first kappa shape index (κ1) is 19.2. The van der Waals surface area contributed by atoms with Crippen LogP contribution in [0.25, 0.3) is 0 Å². The van der Waals surface area contributed by atoms with Crippen molar-refractivity contribution in [2.45, 2.75) is 84.4 Å². The monoisotopic (exact) mass is 339 g/mol. The van der Waals surface area contributed by atoms with Crippen LogP contribution in [0.3, 0.4) is 0 Å². The average molecular weight is 339 g/mol. The molecule has 24 heavy (non-hydrogen) atoms. The van der Waals surface area contributed by atoms with Crippen molar-refractivity contribution in [3.05, 3.63) is 0 Å². The van der Waals surface area contributed by atoms with Crippen LogP contribution < -0.4 is 0 Å². The van der Waals surface area contributed by atoms with E-state index < -0.39 is 5.60 Å². The van der Waals surface area contributed by atoms with Crippen LogP contribution in [-0.2, 0) is 14.3 Å². The number of ether oxygens (including phenoxy) is 2. The maximum absolute atomic E-state index is 12.5. The second-order valence-corrected chi connectivity index (χ2v) is 8.65. The number of hydrogen-bond acceptors (Lipinski definition) is 4. The van der Waals surface area contributed by atoms with E-state index in [1.165, 1.54) is 0 Å². The predicted octanol–water partition coefficient (Wildman–Crippen LogP) is 3.80. The van der Waals surface area contributed by atoms with Crippen molar-refractivity contribution in [1.29, 1.82) is 0 Å². The lowest BCUT2D eigenvalue weighted by Crippen LogP contribution is -2.60. The van der Waals surface area contributed by atoms with Crippen LogP contribution in [0.1, 0.15) is 66.7 Å². The third kappa shape index (κ3) is 5.20. The Bertz CT molecular complexity index is 441. The average Bonchev–Trinajstić information content (AvgIpc) is 2.43. The fourth-order valence-corrected chi connectivity index (χ4v) is 3.68. The molecule has 0 N–H and O–H groups in total. The summed E-state index contributed by atoms with van der Waals surface area (Å²) in [6, 6.07) is -0.0715. The third-order valence-electron chi connectivity index (χ3n) is 4.78. The molecule has 0 saturated carbocycles. The summed E-state index contributed by atoms with van der Waals surface area (Å²) in [7, 11) is 0. The van der Waals surface area contributed by atoms with Crippen LogP contribution in [0.5, 0.6) is 0 Å². The minimum Gasteiger partial charge on any atom is -0.444 e. The number of ketones is 1. The van der Waals surface area contributed by atoms with Crippen LogP contribution in [0, 0.1) is 11.8 Å². The normalized spacial score (nSPS) is 27.2. The molecule has 5 nitrogen and oxygen atoms in total. The van der Waals surface area contributed by atoms with Gasteiger partial charge >= 0.3 is 6.09 Å². The predicted molar refractivity (Wildman–Crippen MR) is 92.9 cm³/mol. The second kappa shape index (κ2) is 7.85. The Hall–Kier alpha value is -1.10. The zero-order chi connectivity index (χ0) is 17.9. The zero-order valence-electron chi connectivity index (χ0n) is 15.8. The molecule has 2 heterocycles. The Morgan fingerprint density at radius 2 is 1.75 bits per heavy atom. The molecule has 0 aliphatic carbocycles. The first-order valence-corrected chi connectivity index (χ1v) is 9.29. The van der Waals surface area contributed by atoms with E-state index >= 15 is 0 Å². The molecule has 2 atom stereocenters. The standard InChI is InChI=1S/C19H33NO4/c1-13(2)7-6-8-17(21)14-9-15-11-23-12-16(10-14)20(15)18(22)24-19(3,4)5/h13-16H,6-12H2,1-5H3. The number of carbonyl (C=O) groups is 2. The molecule has 2 aliphatic heterocycles. The molecule has 2 unspecified atom stereocenters. The topological polar surface area (TPSA) is 55.8 Å². The van der Waals surface area contributed by atoms with E-state index in [4.69, 9.17) is 9.47 Å². The molecule has 0 aromatic rings. The van der Waals surface area contributed by atoms with Crippen LogP contribution in [0.2, 0.25) is 0 Å². The van der Waals surface area contributed by atoms with Gasteiger partial charge in [0.1, 0.15) is 11.4 Å². The highest BCUT2D eigenvalue weighted by Gasteiger charge is 2.44. The highest BCUT2D eigenvalue weighted by molar-refractivity contribution is 5.81. The molecule has 2 rings (SSSR count). The SMILES string of the molecule is CC(C)CCCC(=O)C1CC2COCC(C1)N2C(=O)OC(C)(C)C. The second-order valence-electron chi connectivity index (χ2n) is 8.65. The summed E-state index contributed by atoms with van der Waals surface area (Å²) in [5.41, 5.74) is -0.504. The van der Waals surface area contributed by atoms with E-state index in [0.717, 1.165) is 12.8 Å². The van der Waals surface area contributed by atoms with E-state index in [9.17, 15) is 9.59 Å². The lowest BCUT2D eigenvalue weighted by atomic mass is 9.81. The van der Waals surface area contributed by atoms with Gasteiger partial charge in [0.25, 0.3) is 0 Å². The van der Waals surface area contributed by atoms with E-state index in [1.807, 2.05) is 25.7 Å². The van der Waals surface area contributed by atoms with Gasteiger partial charge in [-0.1, -0.05) is 20.3 Å². The Kier molecular flexibility index (Phi) is 6.29. The number of amides is 1. The van der Waals surface area contributed by atoms with Crippen molar-refractivity contribution in [2.24, 2.45) is 11.8 Å². The summed E-state index contributed by atoms with van der Waals surface area (Å²) < 4.78 is 11.2. The maximum Gasteiger partial charge on any atom is 0.410 e. The number of fused-ring (bicyclic) bond motifs is 2. The Labute approximate surface area is 146 Å². The van der Waals surface area contributed by atoms with Crippen molar-refractivity contribution in [2.75, 3.05) is 13.2 Å². The van der Waals surface area contributed by atoms with Gasteiger partial charge < -0.3 is 9.47 Å². The van der Waals surface area contributed by atoms with E-state index in [0.29, 0.717) is 44.2 Å². The minimum absolute atomic E-state index is 0.0357. The van der Waals surface area contributed by atoms with Crippen molar-refractivity contribution in [3.63, 3.8) is 0 Å². The largest absolute Gasteiger partial charge is 0.444 e. The number of morpholine rings is 1. The molecule has 2 fully saturated rings. The van der Waals surface area contributed by atoms with Gasteiger partial charge in [0.2, 0.25) is 0 Å². The molecular formula is C19H33NO4. The first-order valence-electron chi connectivity index (χ1n) is 9.29. The van der Waals surface area contributed by atoms with Gasteiger partial charge in [-0.15, -0.1) is 0 Å². The summed E-state index contributed by atoms with van der Waals surface area (Å²) >= 11 is 0. The molecule has 0 spiro atoms. The smallest absolute Gasteiger partial charge is 0.410 e. The van der Waals surface area contributed by atoms with Gasteiger partial charge in [0.15, 0.2) is 0 Å². The lowest BCUT2D eigenvalue weighted by Gasteiger charge is -2.47. The Morgan fingerprint density at radius 1 is 1.17 bits per heavy atom. The molecular weight excluding hydrogens is 306 g/mol. The zero-order valence-corrected chi connectivity index (χ0v) is 15.8. The van der Waals surface area contributed by atoms with Crippen molar-refractivity contribution in [1.82, 2.24) is 4.90 Å². The van der Waals surface area contributed by atoms with Gasteiger partial charge in [0.05, 0.1) is 25.3 Å². The minimum atomic E-state index is -0.504. The van der Waals surface area contributed by atoms with E-state index in [-0.39, 0.29) is 24.1 Å². The quantitative estimate of drug-likeness (QED) is 0.764. The molecule has 1 amide bonds. The highest BCUT2D eigenvalue weighted by Crippen LogP contribution is 2.34. The molecule has 2 saturated heterocycles. The number of nitrogens with zero attached hydrogens (tertiary/aromatic N) is 1. The van der Waals surface area contributed by atoms with Gasteiger partial charge in [0, 0.05) is 12.3 Å². The number of hydrogen-bond donors (Lipinski definition) is 0. The van der Waals surface area contributed by atoms with Crippen LogP contribution in [0.4, 0.5) is 4.79 Å². The first-order chi connectivity index (χ1) is 11.2. The van der Waals surface area contributed by atoms with Crippen molar-refractivity contribution >= 4 is 11.9 Å². The van der Waals surface area contributed by atoms with Crippen LogP contribution in [0.15, 0.2) is 0 Å². The van der Waals surface area contributed by atoms with E-state index in [2.05, 4.69) is 13.8 Å². The summed E-state index contributed by atoms with van der Waals surface area (Å²) in [6.07, 6.45) is 3.86. The molecule has 5 heteroatoms. The van der Waals surface area contributed by atoms with E-state index in [1.54, 1.807) is 0 Å². The molecule has 0 radical (unpaired) electrons. The number of rotatable bonds is 5. The van der Waals surface area contributed by atoms with Gasteiger partial charge in [-0.2, -0.15) is 0 Å². The highest BCUT2D eigenvalue weighted by atomic mass is 16.6. The molecule has 138 valence electrons. The molecule has 0 aromatic carbocycles. The summed E-state index contributed by atoms with van der Waals surface area (Å²) in [5.74, 6) is 1.06. The Morgan fingerprint density at radius 3 is 2.25 bits per heavy atom. The van der Waals surface area contributed by atoms with Crippen LogP contribution >= 0.6 is 0 Å². The summed E-state index contributed by atoms with van der Waals surface area (Å²) in [5, 5.41) is 0. The van der Waals surface area contributed by atoms with Gasteiger partial charge in [-0.05, 0) is 46.0 Å². The van der Waals surface area contributed by atoms with Crippen LogP contribution in [-0.4, -0.2) is 47.7 Å². The lowest BCUT2D eigenvalue weighted by molar-refractivity contribution is -0.132. The van der Waals surface area contributed by atoms with Crippen molar-refractivity contribution in [3.8, 4) is 0 Å². The number of Topliss-reactive ketones (excluding diaryl/α,β-unsaturated/α-hetero) is 1. The third-order valence-corrected chi connectivity index (χ3v) is 4.78.